The second-order valence-corrected chi connectivity index (χ2v) is 6.43. The van der Waals surface area contributed by atoms with E-state index in [0.717, 1.165) is 50.0 Å². The lowest BCUT2D eigenvalue weighted by molar-refractivity contribution is 0.213. The van der Waals surface area contributed by atoms with Gasteiger partial charge in [-0.2, -0.15) is 0 Å². The Morgan fingerprint density at radius 1 is 1.04 bits per heavy atom. The number of nitrogens with one attached hydrogen (secondary N) is 1. The van der Waals surface area contributed by atoms with Crippen molar-refractivity contribution in [1.29, 1.82) is 0 Å². The van der Waals surface area contributed by atoms with Gasteiger partial charge in [-0.15, -0.1) is 0 Å². The van der Waals surface area contributed by atoms with Gasteiger partial charge in [0.25, 0.3) is 0 Å². The minimum Gasteiger partial charge on any atom is -0.328 e. The maximum absolute atomic E-state index is 12.6. The molecule has 1 heterocycles. The van der Waals surface area contributed by atoms with E-state index in [4.69, 9.17) is 5.73 Å². The second kappa shape index (κ2) is 7.97. The van der Waals surface area contributed by atoms with E-state index in [0.29, 0.717) is 0 Å². The number of amides is 2. The van der Waals surface area contributed by atoms with Gasteiger partial charge in [-0.1, -0.05) is 48.5 Å². The number of nitrogens with two attached hydrogens (primary N) is 1. The zero-order valence-electron chi connectivity index (χ0n) is 13.9. The molecule has 126 valence electrons. The number of nitrogens with zero attached hydrogens (tertiary/aromatic N) is 1. The number of urea groups is 1. The number of carbonyl (C=O) groups is 1. The van der Waals surface area contributed by atoms with Gasteiger partial charge in [-0.05, 0) is 42.9 Å². The normalized spacial score (nSPS) is 18.0. The van der Waals surface area contributed by atoms with Gasteiger partial charge in [0, 0.05) is 24.8 Å². The third-order valence-electron chi connectivity index (χ3n) is 4.56. The highest BCUT2D eigenvalue weighted by molar-refractivity contribution is 5.90. The van der Waals surface area contributed by atoms with E-state index < -0.39 is 0 Å². The van der Waals surface area contributed by atoms with Crippen LogP contribution >= 0.6 is 0 Å². The molecule has 3 N–H and O–H groups in total. The van der Waals surface area contributed by atoms with E-state index in [1.54, 1.807) is 0 Å². The van der Waals surface area contributed by atoms with Crippen molar-refractivity contribution >= 4 is 11.7 Å². The van der Waals surface area contributed by atoms with Gasteiger partial charge in [0.2, 0.25) is 0 Å². The molecule has 4 heteroatoms. The molecule has 1 atom stereocenters. The van der Waals surface area contributed by atoms with Gasteiger partial charge < -0.3 is 16.0 Å². The second-order valence-electron chi connectivity index (χ2n) is 6.43. The summed E-state index contributed by atoms with van der Waals surface area (Å²) in [6, 6.07) is 18.5. The van der Waals surface area contributed by atoms with Gasteiger partial charge in [-0.25, -0.2) is 4.79 Å². The number of carbonyl (C=O) groups excluding carboxylic acids is 1. The van der Waals surface area contributed by atoms with Crippen LogP contribution in [0.1, 0.15) is 30.4 Å². The first kappa shape index (κ1) is 16.5. The molecule has 3 rings (SSSR count). The number of hydrogen-bond acceptors (Lipinski definition) is 2. The lowest BCUT2D eigenvalue weighted by atomic mass is 10.0. The molecule has 2 amide bonds. The summed E-state index contributed by atoms with van der Waals surface area (Å²) in [4.78, 5) is 14.5. The van der Waals surface area contributed by atoms with Crippen LogP contribution in [0.3, 0.4) is 0 Å². The molecule has 1 aliphatic rings. The van der Waals surface area contributed by atoms with E-state index in [2.05, 4.69) is 23.5 Å². The first-order chi connectivity index (χ1) is 11.7. The van der Waals surface area contributed by atoms with Gasteiger partial charge in [-0.3, -0.25) is 0 Å². The molecule has 0 radical (unpaired) electrons. The number of anilines is 1. The summed E-state index contributed by atoms with van der Waals surface area (Å²) in [5.41, 5.74) is 9.25. The summed E-state index contributed by atoms with van der Waals surface area (Å²) in [6.07, 6.45) is 3.65. The van der Waals surface area contributed by atoms with E-state index in [-0.39, 0.29) is 12.1 Å². The molecule has 0 bridgehead atoms. The summed E-state index contributed by atoms with van der Waals surface area (Å²) in [6.45, 7) is 1.51. The Kier molecular flexibility index (Phi) is 5.49. The van der Waals surface area contributed by atoms with Crippen molar-refractivity contribution in [3.8, 4) is 0 Å². The van der Waals surface area contributed by atoms with Crippen LogP contribution < -0.4 is 11.1 Å². The van der Waals surface area contributed by atoms with Crippen molar-refractivity contribution in [2.45, 2.75) is 31.7 Å². The predicted molar refractivity (Wildman–Crippen MR) is 98.1 cm³/mol. The zero-order valence-corrected chi connectivity index (χ0v) is 13.9. The summed E-state index contributed by atoms with van der Waals surface area (Å²) < 4.78 is 0. The molecule has 2 aromatic carbocycles. The van der Waals surface area contributed by atoms with Crippen molar-refractivity contribution in [1.82, 2.24) is 4.90 Å². The fourth-order valence-corrected chi connectivity index (χ4v) is 3.13. The Labute approximate surface area is 143 Å². The fraction of sp³-hybridized carbons (Fsp3) is 0.350. The van der Waals surface area contributed by atoms with Gasteiger partial charge in [0.05, 0.1) is 0 Å². The van der Waals surface area contributed by atoms with Crippen LogP contribution in [-0.4, -0.2) is 30.1 Å². The molecular formula is C20H25N3O. The Balaban J connectivity index is 1.69. The molecule has 0 saturated carbocycles. The van der Waals surface area contributed by atoms with E-state index in [1.807, 2.05) is 41.3 Å². The highest BCUT2D eigenvalue weighted by Crippen LogP contribution is 2.20. The number of benzene rings is 2. The van der Waals surface area contributed by atoms with E-state index >= 15 is 0 Å². The third-order valence-corrected chi connectivity index (χ3v) is 4.56. The minimum atomic E-state index is -0.0235. The Bertz CT molecular complexity index is 672. The fourth-order valence-electron chi connectivity index (χ4n) is 3.13. The first-order valence-electron chi connectivity index (χ1n) is 8.66. The Morgan fingerprint density at radius 2 is 1.79 bits per heavy atom. The standard InChI is InChI=1S/C20H25N3O/c21-18-10-6-13-23(14-12-18)20(24)22-19-11-5-4-9-17(19)15-16-7-2-1-3-8-16/h1-5,7-9,11,18H,6,10,12-15,21H2,(H,22,24)/t18-/m1/s1. The molecule has 0 aromatic heterocycles. The summed E-state index contributed by atoms with van der Waals surface area (Å²) in [5.74, 6) is 0. The van der Waals surface area contributed by atoms with Crippen molar-refractivity contribution in [3.05, 3.63) is 65.7 Å². The van der Waals surface area contributed by atoms with Crippen LogP contribution in [0.4, 0.5) is 10.5 Å². The number of hydrogen-bond donors (Lipinski definition) is 2. The van der Waals surface area contributed by atoms with Crippen molar-refractivity contribution in [3.63, 3.8) is 0 Å². The molecule has 1 saturated heterocycles. The van der Waals surface area contributed by atoms with Crippen molar-refractivity contribution < 1.29 is 4.79 Å². The molecular weight excluding hydrogens is 298 g/mol. The molecule has 0 unspecified atom stereocenters. The van der Waals surface area contributed by atoms with E-state index in [9.17, 15) is 4.79 Å². The SMILES string of the molecule is N[C@@H]1CCCN(C(=O)Nc2ccccc2Cc2ccccc2)CC1. The Morgan fingerprint density at radius 3 is 2.62 bits per heavy atom. The average molecular weight is 323 g/mol. The van der Waals surface area contributed by atoms with Gasteiger partial charge in [0.15, 0.2) is 0 Å². The molecule has 0 spiro atoms. The first-order valence-corrected chi connectivity index (χ1v) is 8.66. The van der Waals surface area contributed by atoms with Crippen LogP contribution in [0.15, 0.2) is 54.6 Å². The highest BCUT2D eigenvalue weighted by atomic mass is 16.2. The van der Waals surface area contributed by atoms with Crippen LogP contribution in [0.25, 0.3) is 0 Å². The topological polar surface area (TPSA) is 58.4 Å². The molecule has 2 aromatic rings. The smallest absolute Gasteiger partial charge is 0.321 e. The summed E-state index contributed by atoms with van der Waals surface area (Å²) in [7, 11) is 0. The summed E-state index contributed by atoms with van der Waals surface area (Å²) in [5, 5.41) is 3.09. The maximum atomic E-state index is 12.6. The molecule has 24 heavy (non-hydrogen) atoms. The molecule has 1 fully saturated rings. The Hall–Kier alpha value is -2.33. The van der Waals surface area contributed by atoms with Crippen LogP contribution in [0, 0.1) is 0 Å². The van der Waals surface area contributed by atoms with Crippen LogP contribution in [0.2, 0.25) is 0 Å². The van der Waals surface area contributed by atoms with Gasteiger partial charge >= 0.3 is 6.03 Å². The predicted octanol–water partition coefficient (Wildman–Crippen LogP) is 3.62. The lowest BCUT2D eigenvalue weighted by Gasteiger charge is -2.22. The van der Waals surface area contributed by atoms with Crippen LogP contribution in [0.5, 0.6) is 0 Å². The van der Waals surface area contributed by atoms with E-state index in [1.165, 1.54) is 5.56 Å². The minimum absolute atomic E-state index is 0.0235. The van der Waals surface area contributed by atoms with Crippen molar-refractivity contribution in [2.24, 2.45) is 5.73 Å². The van der Waals surface area contributed by atoms with Crippen molar-refractivity contribution in [2.75, 3.05) is 18.4 Å². The molecule has 0 aliphatic carbocycles. The average Bonchev–Trinajstić information content (AvgIpc) is 2.82. The molecule has 4 nitrogen and oxygen atoms in total. The van der Waals surface area contributed by atoms with Gasteiger partial charge in [0.1, 0.15) is 0 Å². The summed E-state index contributed by atoms with van der Waals surface area (Å²) >= 11 is 0. The number of para-hydroxylation sites is 1. The zero-order chi connectivity index (χ0) is 16.8. The third kappa shape index (κ3) is 4.36. The largest absolute Gasteiger partial charge is 0.328 e. The quantitative estimate of drug-likeness (QED) is 0.906. The highest BCUT2D eigenvalue weighted by Gasteiger charge is 2.19. The maximum Gasteiger partial charge on any atom is 0.321 e. The van der Waals surface area contributed by atoms with Crippen LogP contribution in [-0.2, 0) is 6.42 Å². The number of likely N-dealkylation sites (tertiary alicyclic amines) is 1. The monoisotopic (exact) mass is 323 g/mol. The lowest BCUT2D eigenvalue weighted by Crippen LogP contribution is -2.36. The molecule has 1 aliphatic heterocycles. The number of rotatable bonds is 3.